The molecule has 1 amide bonds. The van der Waals surface area contributed by atoms with Gasteiger partial charge in [0.25, 0.3) is 0 Å². The lowest BCUT2D eigenvalue weighted by atomic mass is 9.52. The van der Waals surface area contributed by atoms with Crippen molar-refractivity contribution in [3.8, 4) is 5.75 Å². The third-order valence-electron chi connectivity index (χ3n) is 7.68. The molecule has 0 radical (unpaired) electrons. The molecule has 1 aliphatic heterocycles. The number of ether oxygens (including phenoxy) is 1. The predicted octanol–water partition coefficient (Wildman–Crippen LogP) is 5.32. The van der Waals surface area contributed by atoms with Crippen LogP contribution in [-0.2, 0) is 4.79 Å². The van der Waals surface area contributed by atoms with Crippen molar-refractivity contribution in [2.45, 2.75) is 64.4 Å². The minimum Gasteiger partial charge on any atom is -0.406 e. The van der Waals surface area contributed by atoms with E-state index in [0.29, 0.717) is 17.9 Å². The highest BCUT2D eigenvalue weighted by atomic mass is 19.4. The summed E-state index contributed by atoms with van der Waals surface area (Å²) >= 11 is 0. The summed E-state index contributed by atoms with van der Waals surface area (Å²) in [6.45, 7) is 3.90. The average Bonchev–Trinajstić information content (AvgIpc) is 2.59. The van der Waals surface area contributed by atoms with Gasteiger partial charge in [-0.2, -0.15) is 0 Å². The molecule has 5 fully saturated rings. The zero-order valence-electron chi connectivity index (χ0n) is 16.2. The molecule has 152 valence electrons. The quantitative estimate of drug-likeness (QED) is 0.651. The largest absolute Gasteiger partial charge is 0.573 e. The van der Waals surface area contributed by atoms with Crippen LogP contribution in [-0.4, -0.2) is 23.2 Å². The van der Waals surface area contributed by atoms with Crippen molar-refractivity contribution in [3.63, 3.8) is 0 Å². The highest BCUT2D eigenvalue weighted by Gasteiger charge is 2.61. The SMILES string of the molecule is CC1(C)C(=O)N(C2C3CC4CC(C3)CC2C4)C1c1ccc(OC(F)(F)F)cc1. The second-order valence-corrected chi connectivity index (χ2v) is 9.87. The van der Waals surface area contributed by atoms with Gasteiger partial charge < -0.3 is 9.64 Å². The smallest absolute Gasteiger partial charge is 0.406 e. The topological polar surface area (TPSA) is 29.5 Å². The van der Waals surface area contributed by atoms with E-state index in [2.05, 4.69) is 9.64 Å². The van der Waals surface area contributed by atoms with E-state index >= 15 is 0 Å². The van der Waals surface area contributed by atoms with Crippen molar-refractivity contribution in [3.05, 3.63) is 29.8 Å². The Morgan fingerprint density at radius 1 is 0.964 bits per heavy atom. The predicted molar refractivity (Wildman–Crippen MR) is 97.3 cm³/mol. The van der Waals surface area contributed by atoms with Gasteiger partial charge in [-0.1, -0.05) is 12.1 Å². The summed E-state index contributed by atoms with van der Waals surface area (Å²) in [6, 6.07) is 6.30. The molecule has 6 heteroatoms. The van der Waals surface area contributed by atoms with Gasteiger partial charge in [-0.25, -0.2) is 0 Å². The molecule has 28 heavy (non-hydrogen) atoms. The van der Waals surface area contributed by atoms with Crippen LogP contribution in [0.4, 0.5) is 13.2 Å². The van der Waals surface area contributed by atoms with Crippen LogP contribution in [0.25, 0.3) is 0 Å². The molecular formula is C22H26F3NO2. The summed E-state index contributed by atoms with van der Waals surface area (Å²) in [6.07, 6.45) is 1.59. The molecule has 6 rings (SSSR count). The number of carbonyl (C=O) groups is 1. The van der Waals surface area contributed by atoms with E-state index in [0.717, 1.165) is 17.4 Å². The molecule has 1 saturated heterocycles. The van der Waals surface area contributed by atoms with Crippen molar-refractivity contribution in [1.29, 1.82) is 0 Å². The van der Waals surface area contributed by atoms with Gasteiger partial charge in [0.2, 0.25) is 5.91 Å². The molecule has 0 N–H and O–H groups in total. The summed E-state index contributed by atoms with van der Waals surface area (Å²) in [7, 11) is 0. The van der Waals surface area contributed by atoms with Crippen LogP contribution in [0.2, 0.25) is 0 Å². The zero-order valence-corrected chi connectivity index (χ0v) is 16.2. The molecule has 4 aliphatic carbocycles. The van der Waals surface area contributed by atoms with Gasteiger partial charge in [0.15, 0.2) is 0 Å². The number of likely N-dealkylation sites (tertiary alicyclic amines) is 1. The number of rotatable bonds is 3. The van der Waals surface area contributed by atoms with Crippen LogP contribution in [0.5, 0.6) is 5.75 Å². The molecule has 0 spiro atoms. The van der Waals surface area contributed by atoms with Crippen molar-refractivity contribution in [2.75, 3.05) is 0 Å². The summed E-state index contributed by atoms with van der Waals surface area (Å²) in [5.41, 5.74) is 0.370. The van der Waals surface area contributed by atoms with E-state index in [9.17, 15) is 18.0 Å². The lowest BCUT2D eigenvalue weighted by molar-refractivity contribution is -0.274. The van der Waals surface area contributed by atoms with Crippen LogP contribution >= 0.6 is 0 Å². The van der Waals surface area contributed by atoms with Gasteiger partial charge in [-0.3, -0.25) is 4.79 Å². The monoisotopic (exact) mass is 393 g/mol. The fraction of sp³-hybridized carbons (Fsp3) is 0.682. The Hall–Kier alpha value is -1.72. The van der Waals surface area contributed by atoms with E-state index in [1.807, 2.05) is 13.8 Å². The second-order valence-electron chi connectivity index (χ2n) is 9.87. The van der Waals surface area contributed by atoms with E-state index in [1.54, 1.807) is 12.1 Å². The van der Waals surface area contributed by atoms with Crippen LogP contribution in [0, 0.1) is 29.1 Å². The van der Waals surface area contributed by atoms with Crippen LogP contribution in [0.3, 0.4) is 0 Å². The number of hydrogen-bond donors (Lipinski definition) is 0. The number of carbonyl (C=O) groups excluding carboxylic acids is 1. The molecule has 5 aliphatic rings. The van der Waals surface area contributed by atoms with Crippen LogP contribution < -0.4 is 4.74 Å². The number of halogens is 3. The summed E-state index contributed by atoms with van der Waals surface area (Å²) in [5.74, 6) is 2.81. The van der Waals surface area contributed by atoms with Crippen LogP contribution in [0.1, 0.15) is 57.6 Å². The van der Waals surface area contributed by atoms with Crippen LogP contribution in [0.15, 0.2) is 24.3 Å². The maximum absolute atomic E-state index is 13.1. The fourth-order valence-corrected chi connectivity index (χ4v) is 6.94. The van der Waals surface area contributed by atoms with E-state index < -0.39 is 11.8 Å². The van der Waals surface area contributed by atoms with Gasteiger partial charge in [0.05, 0.1) is 11.5 Å². The normalized spacial score (nSPS) is 38.5. The Labute approximate surface area is 163 Å². The first-order chi connectivity index (χ1) is 13.1. The molecule has 1 heterocycles. The van der Waals surface area contributed by atoms with E-state index in [4.69, 9.17) is 0 Å². The maximum atomic E-state index is 13.1. The lowest BCUT2D eigenvalue weighted by Crippen LogP contribution is -2.69. The molecule has 1 aromatic rings. The third kappa shape index (κ3) is 2.74. The molecule has 4 bridgehead atoms. The second kappa shape index (κ2) is 5.90. The van der Waals surface area contributed by atoms with Crippen molar-refractivity contribution < 1.29 is 22.7 Å². The molecular weight excluding hydrogens is 367 g/mol. The first-order valence-electron chi connectivity index (χ1n) is 10.3. The Balaban J connectivity index is 1.42. The molecule has 1 aromatic carbocycles. The Morgan fingerprint density at radius 3 is 2.00 bits per heavy atom. The average molecular weight is 393 g/mol. The summed E-state index contributed by atoms with van der Waals surface area (Å²) < 4.78 is 41.3. The number of amides is 1. The van der Waals surface area contributed by atoms with Crippen molar-refractivity contribution >= 4 is 5.91 Å². The minimum atomic E-state index is -4.69. The number of nitrogens with zero attached hydrogens (tertiary/aromatic N) is 1. The molecule has 4 saturated carbocycles. The Kier molecular flexibility index (Phi) is 3.86. The zero-order chi connectivity index (χ0) is 19.8. The number of hydrogen-bond acceptors (Lipinski definition) is 2. The number of benzene rings is 1. The highest BCUT2D eigenvalue weighted by Crippen LogP contribution is 2.60. The maximum Gasteiger partial charge on any atom is 0.573 e. The highest BCUT2D eigenvalue weighted by molar-refractivity contribution is 5.90. The van der Waals surface area contributed by atoms with E-state index in [-0.39, 0.29) is 17.7 Å². The lowest BCUT2D eigenvalue weighted by Gasteiger charge is -2.64. The third-order valence-corrected chi connectivity index (χ3v) is 7.68. The first kappa shape index (κ1) is 18.3. The summed E-state index contributed by atoms with van der Waals surface area (Å²) in [5, 5.41) is 0. The first-order valence-corrected chi connectivity index (χ1v) is 10.3. The fourth-order valence-electron chi connectivity index (χ4n) is 6.94. The Bertz CT molecular complexity index is 758. The standard InChI is InChI=1S/C22H26F3NO2/c1-21(2)19(14-3-5-17(6-4-14)28-22(23,24)25)26(20(21)27)18-15-8-12-7-13(10-15)11-16(18)9-12/h3-6,12-13,15-16,18-19H,7-11H2,1-2H3. The van der Waals surface area contributed by atoms with Gasteiger partial charge in [-0.05, 0) is 87.3 Å². The van der Waals surface area contributed by atoms with Gasteiger partial charge in [-0.15, -0.1) is 13.2 Å². The minimum absolute atomic E-state index is 0.0811. The van der Waals surface area contributed by atoms with E-state index in [1.165, 1.54) is 44.2 Å². The van der Waals surface area contributed by atoms with Gasteiger partial charge in [0.1, 0.15) is 5.75 Å². The molecule has 0 aromatic heterocycles. The summed E-state index contributed by atoms with van der Waals surface area (Å²) in [4.78, 5) is 15.2. The molecule has 1 unspecified atom stereocenters. The number of β-lactam (4-membered cyclic amide) rings is 1. The van der Waals surface area contributed by atoms with Gasteiger partial charge in [0, 0.05) is 6.04 Å². The van der Waals surface area contributed by atoms with Crippen molar-refractivity contribution in [2.24, 2.45) is 29.1 Å². The molecule has 3 nitrogen and oxygen atoms in total. The number of alkyl halides is 3. The Morgan fingerprint density at radius 2 is 1.50 bits per heavy atom. The van der Waals surface area contributed by atoms with Gasteiger partial charge >= 0.3 is 6.36 Å². The van der Waals surface area contributed by atoms with Crippen molar-refractivity contribution in [1.82, 2.24) is 4.90 Å². The molecule has 1 atom stereocenters.